The van der Waals surface area contributed by atoms with E-state index >= 15 is 0 Å². The summed E-state index contributed by atoms with van der Waals surface area (Å²) in [6.07, 6.45) is 3.17. The molecule has 1 rings (SSSR count). The minimum atomic E-state index is -0.307. The lowest BCUT2D eigenvalue weighted by atomic mass is 10.3. The third-order valence-electron chi connectivity index (χ3n) is 2.33. The maximum absolute atomic E-state index is 11.9. The predicted molar refractivity (Wildman–Crippen MR) is 75.3 cm³/mol. The van der Waals surface area contributed by atoms with Crippen molar-refractivity contribution in [1.82, 2.24) is 14.7 Å². The van der Waals surface area contributed by atoms with Gasteiger partial charge in [-0.05, 0) is 21.0 Å². The van der Waals surface area contributed by atoms with Crippen LogP contribution in [0, 0.1) is 0 Å². The quantitative estimate of drug-likeness (QED) is 0.795. The summed E-state index contributed by atoms with van der Waals surface area (Å²) in [5, 5.41) is 7.37. The maximum Gasteiger partial charge on any atom is 0.287 e. The van der Waals surface area contributed by atoms with Gasteiger partial charge in [-0.15, -0.1) is 6.58 Å². The fraction of sp³-hybridized carbons (Fsp3) is 0.500. The van der Waals surface area contributed by atoms with E-state index in [0.717, 1.165) is 6.54 Å². The standard InChI is InChI=1S/C12H19ClN4O/c1-5-6-17-12(18)11(13)10(7-14-17)15-9(2)8-16(3)4/h5,7,9,15H,1,6,8H2,2-4H3. The van der Waals surface area contributed by atoms with Crippen molar-refractivity contribution in [1.29, 1.82) is 0 Å². The largest absolute Gasteiger partial charge is 0.379 e. The van der Waals surface area contributed by atoms with Gasteiger partial charge in [0.1, 0.15) is 5.02 Å². The Morgan fingerprint density at radius 1 is 1.67 bits per heavy atom. The number of anilines is 1. The van der Waals surface area contributed by atoms with E-state index in [0.29, 0.717) is 12.2 Å². The molecule has 0 bridgehead atoms. The number of hydrogen-bond acceptors (Lipinski definition) is 4. The number of aromatic nitrogens is 2. The van der Waals surface area contributed by atoms with Crippen molar-refractivity contribution >= 4 is 17.3 Å². The van der Waals surface area contributed by atoms with E-state index in [4.69, 9.17) is 11.6 Å². The molecule has 0 spiro atoms. The molecule has 1 aromatic heterocycles. The van der Waals surface area contributed by atoms with E-state index in [1.165, 1.54) is 4.68 Å². The van der Waals surface area contributed by atoms with Crippen LogP contribution in [0.4, 0.5) is 5.69 Å². The molecule has 0 radical (unpaired) electrons. The highest BCUT2D eigenvalue weighted by Gasteiger charge is 2.11. The second-order valence-electron chi connectivity index (χ2n) is 4.46. The first kappa shape index (κ1) is 14.7. The summed E-state index contributed by atoms with van der Waals surface area (Å²) in [7, 11) is 3.97. The molecule has 1 aromatic rings. The van der Waals surface area contributed by atoms with Crippen molar-refractivity contribution in [3.05, 3.63) is 34.2 Å². The van der Waals surface area contributed by atoms with Crippen LogP contribution in [-0.2, 0) is 6.54 Å². The summed E-state index contributed by atoms with van der Waals surface area (Å²) in [5.41, 5.74) is 0.259. The Labute approximate surface area is 112 Å². The molecule has 0 aliphatic rings. The molecule has 100 valence electrons. The Morgan fingerprint density at radius 3 is 2.89 bits per heavy atom. The van der Waals surface area contributed by atoms with Gasteiger partial charge in [0.15, 0.2) is 0 Å². The molecule has 1 heterocycles. The zero-order chi connectivity index (χ0) is 13.7. The number of halogens is 1. The molecular formula is C12H19ClN4O. The van der Waals surface area contributed by atoms with Crippen molar-refractivity contribution in [3.8, 4) is 0 Å². The third-order valence-corrected chi connectivity index (χ3v) is 2.69. The number of likely N-dealkylation sites (N-methyl/N-ethyl adjacent to an activating group) is 1. The molecule has 0 amide bonds. The molecule has 5 nitrogen and oxygen atoms in total. The summed E-state index contributed by atoms with van der Waals surface area (Å²) < 4.78 is 1.27. The maximum atomic E-state index is 11.9. The molecule has 6 heteroatoms. The van der Waals surface area contributed by atoms with Gasteiger partial charge < -0.3 is 10.2 Å². The molecule has 0 aliphatic heterocycles. The normalized spacial score (nSPS) is 12.5. The number of rotatable bonds is 6. The van der Waals surface area contributed by atoms with Crippen LogP contribution in [0.15, 0.2) is 23.6 Å². The topological polar surface area (TPSA) is 50.2 Å². The van der Waals surface area contributed by atoms with Gasteiger partial charge in [0.25, 0.3) is 5.56 Å². The van der Waals surface area contributed by atoms with E-state index in [2.05, 4.69) is 21.9 Å². The molecule has 0 saturated heterocycles. The summed E-state index contributed by atoms with van der Waals surface area (Å²) in [6, 6.07) is 0.175. The van der Waals surface area contributed by atoms with Crippen LogP contribution in [0.3, 0.4) is 0 Å². The minimum Gasteiger partial charge on any atom is -0.379 e. The number of nitrogens with one attached hydrogen (secondary N) is 1. The van der Waals surface area contributed by atoms with E-state index in [1.807, 2.05) is 21.0 Å². The average molecular weight is 271 g/mol. The fourth-order valence-electron chi connectivity index (χ4n) is 1.68. The fourth-order valence-corrected chi connectivity index (χ4v) is 1.88. The third kappa shape index (κ3) is 3.85. The number of nitrogens with zero attached hydrogens (tertiary/aromatic N) is 3. The molecule has 1 N–H and O–H groups in total. The molecule has 0 aromatic carbocycles. The van der Waals surface area contributed by atoms with Gasteiger partial charge in [-0.1, -0.05) is 17.7 Å². The van der Waals surface area contributed by atoms with Gasteiger partial charge in [0.05, 0.1) is 18.4 Å². The summed E-state index contributed by atoms with van der Waals surface area (Å²) in [5.74, 6) is 0. The van der Waals surface area contributed by atoms with Gasteiger partial charge in [-0.2, -0.15) is 5.10 Å². The molecule has 0 saturated carbocycles. The van der Waals surface area contributed by atoms with Gasteiger partial charge >= 0.3 is 0 Å². The lowest BCUT2D eigenvalue weighted by Crippen LogP contribution is -2.31. The summed E-state index contributed by atoms with van der Waals surface area (Å²) in [6.45, 7) is 6.78. The van der Waals surface area contributed by atoms with Crippen molar-refractivity contribution in [3.63, 3.8) is 0 Å². The number of hydrogen-bond donors (Lipinski definition) is 1. The Morgan fingerprint density at radius 2 is 2.33 bits per heavy atom. The van der Waals surface area contributed by atoms with E-state index in [1.54, 1.807) is 12.3 Å². The van der Waals surface area contributed by atoms with E-state index in [9.17, 15) is 4.79 Å². The zero-order valence-electron chi connectivity index (χ0n) is 11.0. The van der Waals surface area contributed by atoms with Crippen LogP contribution >= 0.6 is 11.6 Å². The van der Waals surface area contributed by atoms with Crippen LogP contribution in [0.25, 0.3) is 0 Å². The van der Waals surface area contributed by atoms with Crippen molar-refractivity contribution in [2.75, 3.05) is 26.0 Å². The van der Waals surface area contributed by atoms with Crippen LogP contribution in [0.5, 0.6) is 0 Å². The van der Waals surface area contributed by atoms with Gasteiger partial charge in [-0.25, -0.2) is 4.68 Å². The Bertz CT molecular complexity index is 470. The van der Waals surface area contributed by atoms with Crippen LogP contribution < -0.4 is 10.9 Å². The molecule has 0 aliphatic carbocycles. The monoisotopic (exact) mass is 270 g/mol. The average Bonchev–Trinajstić information content (AvgIpc) is 2.28. The molecule has 18 heavy (non-hydrogen) atoms. The minimum absolute atomic E-state index is 0.164. The highest BCUT2D eigenvalue weighted by molar-refractivity contribution is 6.32. The Hall–Kier alpha value is -1.33. The van der Waals surface area contributed by atoms with Crippen LogP contribution in [0.2, 0.25) is 5.02 Å². The summed E-state index contributed by atoms with van der Waals surface area (Å²) in [4.78, 5) is 13.9. The van der Waals surface area contributed by atoms with Crippen LogP contribution in [0.1, 0.15) is 6.92 Å². The molecule has 1 unspecified atom stereocenters. The second-order valence-corrected chi connectivity index (χ2v) is 4.83. The zero-order valence-corrected chi connectivity index (χ0v) is 11.7. The lowest BCUT2D eigenvalue weighted by molar-refractivity contribution is 0.392. The molecule has 1 atom stereocenters. The van der Waals surface area contributed by atoms with Crippen LogP contribution in [-0.4, -0.2) is 41.4 Å². The van der Waals surface area contributed by atoms with E-state index < -0.39 is 0 Å². The first-order chi connectivity index (χ1) is 8.45. The van der Waals surface area contributed by atoms with E-state index in [-0.39, 0.29) is 16.6 Å². The molecular weight excluding hydrogens is 252 g/mol. The smallest absolute Gasteiger partial charge is 0.287 e. The predicted octanol–water partition coefficient (Wildman–Crippen LogP) is 1.44. The SMILES string of the molecule is C=CCn1ncc(NC(C)CN(C)C)c(Cl)c1=O. The second kappa shape index (κ2) is 6.56. The Kier molecular flexibility index (Phi) is 5.37. The highest BCUT2D eigenvalue weighted by Crippen LogP contribution is 2.16. The van der Waals surface area contributed by atoms with Crippen molar-refractivity contribution in [2.24, 2.45) is 0 Å². The van der Waals surface area contributed by atoms with Gasteiger partial charge in [0.2, 0.25) is 0 Å². The molecule has 0 fully saturated rings. The first-order valence-electron chi connectivity index (χ1n) is 5.73. The van der Waals surface area contributed by atoms with Gasteiger partial charge in [0, 0.05) is 12.6 Å². The Balaban J connectivity index is 2.88. The van der Waals surface area contributed by atoms with Crippen molar-refractivity contribution < 1.29 is 0 Å². The lowest BCUT2D eigenvalue weighted by Gasteiger charge is -2.19. The number of allylic oxidation sites excluding steroid dienone is 1. The highest BCUT2D eigenvalue weighted by atomic mass is 35.5. The van der Waals surface area contributed by atoms with Gasteiger partial charge in [-0.3, -0.25) is 4.79 Å². The first-order valence-corrected chi connectivity index (χ1v) is 6.11. The van der Waals surface area contributed by atoms with Crippen molar-refractivity contribution in [2.45, 2.75) is 19.5 Å². The summed E-state index contributed by atoms with van der Waals surface area (Å²) >= 11 is 6.03.